The van der Waals surface area contributed by atoms with Crippen LogP contribution in [0.15, 0.2) is 36.4 Å². The molecular weight excluding hydrogens is 376 g/mol. The van der Waals surface area contributed by atoms with Crippen molar-refractivity contribution in [1.82, 2.24) is 4.90 Å². The first-order valence-electron chi connectivity index (χ1n) is 9.75. The van der Waals surface area contributed by atoms with Gasteiger partial charge in [0.1, 0.15) is 0 Å². The third kappa shape index (κ3) is 5.10. The average molecular weight is 401 g/mol. The second kappa shape index (κ2) is 9.03. The first kappa shape index (κ1) is 20.8. The molecule has 1 atom stereocenters. The van der Waals surface area contributed by atoms with Crippen LogP contribution in [0, 0.1) is 18.6 Å². The lowest BCUT2D eigenvalue weighted by molar-refractivity contribution is -0.114. The van der Waals surface area contributed by atoms with Crippen molar-refractivity contribution < 1.29 is 18.4 Å². The van der Waals surface area contributed by atoms with Gasteiger partial charge in [-0.15, -0.1) is 0 Å². The van der Waals surface area contributed by atoms with Gasteiger partial charge in [0.2, 0.25) is 5.91 Å². The van der Waals surface area contributed by atoms with Crippen LogP contribution in [0.5, 0.6) is 0 Å². The quantitative estimate of drug-likeness (QED) is 0.784. The van der Waals surface area contributed by atoms with Gasteiger partial charge in [-0.05, 0) is 69.0 Å². The van der Waals surface area contributed by atoms with Crippen LogP contribution < -0.4 is 10.6 Å². The maximum absolute atomic E-state index is 13.2. The predicted octanol–water partition coefficient (Wildman–Crippen LogP) is 4.34. The number of carbonyl (C=O) groups is 2. The minimum atomic E-state index is -1.02. The Hall–Kier alpha value is -2.96. The van der Waals surface area contributed by atoms with Crippen molar-refractivity contribution in [3.8, 4) is 0 Å². The monoisotopic (exact) mass is 401 g/mol. The number of nitrogens with zero attached hydrogens (tertiary/aromatic N) is 1. The molecule has 2 N–H and O–H groups in total. The van der Waals surface area contributed by atoms with E-state index in [0.29, 0.717) is 5.56 Å². The Morgan fingerprint density at radius 1 is 1.10 bits per heavy atom. The number of hydrogen-bond acceptors (Lipinski definition) is 3. The summed E-state index contributed by atoms with van der Waals surface area (Å²) in [5.41, 5.74) is 2.40. The van der Waals surface area contributed by atoms with Crippen LogP contribution in [0.3, 0.4) is 0 Å². The van der Waals surface area contributed by atoms with Crippen molar-refractivity contribution in [1.29, 1.82) is 0 Å². The van der Waals surface area contributed by atoms with Gasteiger partial charge in [0, 0.05) is 35.6 Å². The van der Waals surface area contributed by atoms with E-state index in [4.69, 9.17) is 0 Å². The highest BCUT2D eigenvalue weighted by Gasteiger charge is 2.24. The van der Waals surface area contributed by atoms with Crippen LogP contribution in [-0.2, 0) is 4.79 Å². The van der Waals surface area contributed by atoms with Gasteiger partial charge < -0.3 is 15.5 Å². The van der Waals surface area contributed by atoms with Crippen LogP contribution in [0.25, 0.3) is 0 Å². The van der Waals surface area contributed by atoms with Gasteiger partial charge in [0.25, 0.3) is 5.91 Å². The van der Waals surface area contributed by atoms with Gasteiger partial charge in [-0.3, -0.25) is 9.59 Å². The molecule has 0 aromatic heterocycles. The van der Waals surface area contributed by atoms with E-state index in [1.165, 1.54) is 6.07 Å². The minimum Gasteiger partial charge on any atom is -0.376 e. The molecule has 0 radical (unpaired) electrons. The molecule has 1 unspecified atom stereocenters. The maximum Gasteiger partial charge on any atom is 0.254 e. The summed E-state index contributed by atoms with van der Waals surface area (Å²) in [5, 5.41) is 5.52. The number of anilines is 2. The number of likely N-dealkylation sites (tertiary alicyclic amines) is 1. The lowest BCUT2D eigenvalue weighted by Crippen LogP contribution is -2.42. The SMILES string of the molecule is Cc1cc(C(=O)N2CCCCC2C)ccc1NCC(=O)Nc1ccc(F)c(F)c1. The molecule has 154 valence electrons. The molecule has 1 fully saturated rings. The van der Waals surface area contributed by atoms with Crippen molar-refractivity contribution in [2.75, 3.05) is 23.7 Å². The number of rotatable bonds is 5. The van der Waals surface area contributed by atoms with Crippen LogP contribution in [0.4, 0.5) is 20.2 Å². The van der Waals surface area contributed by atoms with E-state index >= 15 is 0 Å². The first-order chi connectivity index (χ1) is 13.8. The molecular formula is C22H25F2N3O2. The molecule has 1 aliphatic heterocycles. The largest absolute Gasteiger partial charge is 0.376 e. The van der Waals surface area contributed by atoms with E-state index in [2.05, 4.69) is 17.6 Å². The molecule has 0 bridgehead atoms. The summed E-state index contributed by atoms with van der Waals surface area (Å²) in [6, 6.07) is 8.79. The highest BCUT2D eigenvalue weighted by molar-refractivity contribution is 5.96. The second-order valence-corrected chi connectivity index (χ2v) is 7.40. The topological polar surface area (TPSA) is 61.4 Å². The molecule has 29 heavy (non-hydrogen) atoms. The fourth-order valence-corrected chi connectivity index (χ4v) is 3.52. The number of hydrogen-bond donors (Lipinski definition) is 2. The molecule has 5 nitrogen and oxygen atoms in total. The van der Waals surface area contributed by atoms with E-state index in [0.717, 1.165) is 49.2 Å². The lowest BCUT2D eigenvalue weighted by Gasteiger charge is -2.33. The number of nitrogens with one attached hydrogen (secondary N) is 2. The van der Waals surface area contributed by atoms with Crippen molar-refractivity contribution in [3.63, 3.8) is 0 Å². The Morgan fingerprint density at radius 2 is 1.90 bits per heavy atom. The zero-order valence-electron chi connectivity index (χ0n) is 16.6. The van der Waals surface area contributed by atoms with Gasteiger partial charge in [-0.2, -0.15) is 0 Å². The Balaban J connectivity index is 1.59. The zero-order valence-corrected chi connectivity index (χ0v) is 16.6. The van der Waals surface area contributed by atoms with E-state index in [-0.39, 0.29) is 24.2 Å². The normalized spacial score (nSPS) is 16.4. The first-order valence-corrected chi connectivity index (χ1v) is 9.75. The number of piperidine rings is 1. The van der Waals surface area contributed by atoms with E-state index in [9.17, 15) is 18.4 Å². The maximum atomic E-state index is 13.2. The number of carbonyl (C=O) groups excluding carboxylic acids is 2. The van der Waals surface area contributed by atoms with E-state index < -0.39 is 17.5 Å². The van der Waals surface area contributed by atoms with Crippen molar-refractivity contribution in [2.24, 2.45) is 0 Å². The summed E-state index contributed by atoms with van der Waals surface area (Å²) in [5.74, 6) is -2.35. The van der Waals surface area contributed by atoms with Gasteiger partial charge in [-0.25, -0.2) is 8.78 Å². The van der Waals surface area contributed by atoms with Crippen LogP contribution in [0.1, 0.15) is 42.1 Å². The Morgan fingerprint density at radius 3 is 2.59 bits per heavy atom. The molecule has 3 rings (SSSR count). The van der Waals surface area contributed by atoms with Crippen LogP contribution in [0.2, 0.25) is 0 Å². The Bertz CT molecular complexity index is 917. The second-order valence-electron chi connectivity index (χ2n) is 7.40. The van der Waals surface area contributed by atoms with Gasteiger partial charge in [0.05, 0.1) is 6.54 Å². The molecule has 0 saturated carbocycles. The fraction of sp³-hybridized carbons (Fsp3) is 0.364. The number of benzene rings is 2. The zero-order chi connectivity index (χ0) is 21.0. The smallest absolute Gasteiger partial charge is 0.254 e. The van der Waals surface area contributed by atoms with E-state index in [1.807, 2.05) is 17.9 Å². The van der Waals surface area contributed by atoms with Crippen molar-refractivity contribution in [2.45, 2.75) is 39.2 Å². The molecule has 0 aliphatic carbocycles. The molecule has 2 amide bonds. The third-order valence-electron chi connectivity index (χ3n) is 5.18. The molecule has 2 aromatic carbocycles. The van der Waals surface area contributed by atoms with Crippen molar-refractivity contribution in [3.05, 3.63) is 59.2 Å². The predicted molar refractivity (Wildman–Crippen MR) is 109 cm³/mol. The molecule has 2 aromatic rings. The molecule has 1 heterocycles. The molecule has 1 aliphatic rings. The Kier molecular flexibility index (Phi) is 6.46. The summed E-state index contributed by atoms with van der Waals surface area (Å²) in [4.78, 5) is 26.8. The average Bonchev–Trinajstić information content (AvgIpc) is 2.69. The molecule has 1 saturated heterocycles. The highest BCUT2D eigenvalue weighted by Crippen LogP contribution is 2.22. The summed E-state index contributed by atoms with van der Waals surface area (Å²) in [6.45, 7) is 4.68. The fourth-order valence-electron chi connectivity index (χ4n) is 3.52. The minimum absolute atomic E-state index is 0.0305. The highest BCUT2D eigenvalue weighted by atomic mass is 19.2. The lowest BCUT2D eigenvalue weighted by atomic mass is 10.0. The van der Waals surface area contributed by atoms with Gasteiger partial charge in [0.15, 0.2) is 11.6 Å². The number of aryl methyl sites for hydroxylation is 1. The molecule has 0 spiro atoms. The third-order valence-corrected chi connectivity index (χ3v) is 5.18. The van der Waals surface area contributed by atoms with E-state index in [1.54, 1.807) is 12.1 Å². The summed E-state index contributed by atoms with van der Waals surface area (Å²) < 4.78 is 26.2. The number of halogens is 2. The summed E-state index contributed by atoms with van der Waals surface area (Å²) >= 11 is 0. The van der Waals surface area contributed by atoms with Crippen molar-refractivity contribution >= 4 is 23.2 Å². The Labute approximate surface area is 169 Å². The standard InChI is InChI=1S/C22H25F2N3O2/c1-14-11-16(22(29)27-10-4-3-5-15(27)2)6-9-20(14)25-13-21(28)26-17-7-8-18(23)19(24)12-17/h6-9,11-12,15,25H,3-5,10,13H2,1-2H3,(H,26,28). The van der Waals surface area contributed by atoms with Gasteiger partial charge >= 0.3 is 0 Å². The number of amides is 2. The van der Waals surface area contributed by atoms with Crippen LogP contribution in [-0.4, -0.2) is 35.8 Å². The summed E-state index contributed by atoms with van der Waals surface area (Å²) in [6.07, 6.45) is 3.21. The van der Waals surface area contributed by atoms with Gasteiger partial charge in [-0.1, -0.05) is 0 Å². The van der Waals surface area contributed by atoms with Crippen LogP contribution >= 0.6 is 0 Å². The summed E-state index contributed by atoms with van der Waals surface area (Å²) in [7, 11) is 0. The molecule has 7 heteroatoms.